The highest BCUT2D eigenvalue weighted by Crippen LogP contribution is 2.24. The normalized spacial score (nSPS) is 38.8. The Balaban J connectivity index is 1.85. The molecule has 0 radical (unpaired) electrons. The SMILES string of the molecule is N[C@H]1CCCN([C@@H]2CCSC2)C1. The molecule has 2 fully saturated rings. The van der Waals surface area contributed by atoms with E-state index in [0.717, 1.165) is 12.6 Å². The summed E-state index contributed by atoms with van der Waals surface area (Å²) < 4.78 is 0. The summed E-state index contributed by atoms with van der Waals surface area (Å²) in [5.41, 5.74) is 5.94. The quantitative estimate of drug-likeness (QED) is 0.660. The molecule has 12 heavy (non-hydrogen) atoms. The van der Waals surface area contributed by atoms with Crippen LogP contribution in [0.25, 0.3) is 0 Å². The van der Waals surface area contributed by atoms with Gasteiger partial charge in [0, 0.05) is 24.4 Å². The minimum Gasteiger partial charge on any atom is -0.327 e. The molecule has 2 aliphatic heterocycles. The zero-order valence-electron chi connectivity index (χ0n) is 7.54. The van der Waals surface area contributed by atoms with E-state index in [1.807, 2.05) is 0 Å². The van der Waals surface area contributed by atoms with Gasteiger partial charge in [0.25, 0.3) is 0 Å². The van der Waals surface area contributed by atoms with Crippen molar-refractivity contribution in [3.8, 4) is 0 Å². The van der Waals surface area contributed by atoms with Crippen LogP contribution in [0.5, 0.6) is 0 Å². The molecule has 0 aromatic rings. The summed E-state index contributed by atoms with van der Waals surface area (Å²) in [6, 6.07) is 1.30. The molecule has 0 spiro atoms. The first-order chi connectivity index (χ1) is 5.86. The molecule has 0 amide bonds. The molecule has 3 heteroatoms. The molecular weight excluding hydrogens is 168 g/mol. The van der Waals surface area contributed by atoms with Crippen LogP contribution >= 0.6 is 11.8 Å². The minimum absolute atomic E-state index is 0.448. The fourth-order valence-corrected chi connectivity index (χ4v) is 3.44. The van der Waals surface area contributed by atoms with Crippen LogP contribution in [-0.2, 0) is 0 Å². The molecule has 0 aromatic heterocycles. The highest BCUT2D eigenvalue weighted by Gasteiger charge is 2.26. The van der Waals surface area contributed by atoms with Crippen molar-refractivity contribution in [2.75, 3.05) is 24.6 Å². The zero-order valence-corrected chi connectivity index (χ0v) is 8.35. The van der Waals surface area contributed by atoms with Crippen LogP contribution in [0.3, 0.4) is 0 Å². The fraction of sp³-hybridized carbons (Fsp3) is 1.00. The number of nitrogens with two attached hydrogens (primary N) is 1. The van der Waals surface area contributed by atoms with E-state index in [1.54, 1.807) is 0 Å². The van der Waals surface area contributed by atoms with Gasteiger partial charge in [-0.15, -0.1) is 0 Å². The zero-order chi connectivity index (χ0) is 8.39. The van der Waals surface area contributed by atoms with Gasteiger partial charge in [-0.2, -0.15) is 11.8 Å². The van der Waals surface area contributed by atoms with Gasteiger partial charge < -0.3 is 5.73 Å². The Kier molecular flexibility index (Phi) is 2.94. The Bertz CT molecular complexity index is 145. The van der Waals surface area contributed by atoms with Crippen molar-refractivity contribution in [2.24, 2.45) is 5.73 Å². The van der Waals surface area contributed by atoms with E-state index in [2.05, 4.69) is 16.7 Å². The fourth-order valence-electron chi connectivity index (χ4n) is 2.18. The first-order valence-corrected chi connectivity index (χ1v) is 6.09. The van der Waals surface area contributed by atoms with Crippen molar-refractivity contribution in [3.63, 3.8) is 0 Å². The monoisotopic (exact) mass is 186 g/mol. The average Bonchev–Trinajstić information content (AvgIpc) is 2.56. The maximum atomic E-state index is 5.94. The summed E-state index contributed by atoms with van der Waals surface area (Å²) in [6.07, 6.45) is 3.93. The Labute approximate surface area is 78.9 Å². The predicted octanol–water partition coefficient (Wildman–Crippen LogP) is 0.915. The number of nitrogens with zero attached hydrogens (tertiary/aromatic N) is 1. The van der Waals surface area contributed by atoms with Gasteiger partial charge in [0.05, 0.1) is 0 Å². The molecule has 2 heterocycles. The first-order valence-electron chi connectivity index (χ1n) is 4.93. The second-order valence-corrected chi connectivity index (χ2v) is 5.06. The Hall–Kier alpha value is 0.270. The molecule has 70 valence electrons. The Morgan fingerprint density at radius 2 is 2.25 bits per heavy atom. The van der Waals surface area contributed by atoms with E-state index in [-0.39, 0.29) is 0 Å². The number of piperidine rings is 1. The number of hydrogen-bond donors (Lipinski definition) is 1. The topological polar surface area (TPSA) is 29.3 Å². The molecule has 2 saturated heterocycles. The molecule has 2 rings (SSSR count). The lowest BCUT2D eigenvalue weighted by Crippen LogP contribution is -2.47. The second-order valence-electron chi connectivity index (χ2n) is 3.91. The van der Waals surface area contributed by atoms with E-state index in [9.17, 15) is 0 Å². The average molecular weight is 186 g/mol. The van der Waals surface area contributed by atoms with Crippen LogP contribution in [0.1, 0.15) is 19.3 Å². The predicted molar refractivity (Wildman–Crippen MR) is 54.5 cm³/mol. The lowest BCUT2D eigenvalue weighted by atomic mass is 10.0. The van der Waals surface area contributed by atoms with E-state index in [0.29, 0.717) is 6.04 Å². The molecule has 0 unspecified atom stereocenters. The Morgan fingerprint density at radius 3 is 2.92 bits per heavy atom. The summed E-state index contributed by atoms with van der Waals surface area (Å²) >= 11 is 2.09. The molecule has 0 aromatic carbocycles. The van der Waals surface area contributed by atoms with E-state index in [1.165, 1.54) is 37.3 Å². The third-order valence-electron chi connectivity index (χ3n) is 2.91. The maximum absolute atomic E-state index is 5.94. The molecule has 2 aliphatic rings. The van der Waals surface area contributed by atoms with Gasteiger partial charge in [-0.25, -0.2) is 0 Å². The van der Waals surface area contributed by atoms with Crippen LogP contribution in [-0.4, -0.2) is 41.6 Å². The lowest BCUT2D eigenvalue weighted by Gasteiger charge is -2.34. The van der Waals surface area contributed by atoms with Gasteiger partial charge in [-0.05, 0) is 31.6 Å². The largest absolute Gasteiger partial charge is 0.327 e. The first kappa shape index (κ1) is 8.85. The number of hydrogen-bond acceptors (Lipinski definition) is 3. The minimum atomic E-state index is 0.448. The van der Waals surface area contributed by atoms with Crippen molar-refractivity contribution in [2.45, 2.75) is 31.3 Å². The third kappa shape index (κ3) is 1.95. The molecular formula is C9H18N2S. The van der Waals surface area contributed by atoms with Crippen LogP contribution in [0.4, 0.5) is 0 Å². The summed E-state index contributed by atoms with van der Waals surface area (Å²) in [5, 5.41) is 0. The van der Waals surface area contributed by atoms with Crippen LogP contribution < -0.4 is 5.73 Å². The van der Waals surface area contributed by atoms with E-state index < -0.39 is 0 Å². The number of thioether (sulfide) groups is 1. The van der Waals surface area contributed by atoms with Crippen LogP contribution in [0, 0.1) is 0 Å². The summed E-state index contributed by atoms with van der Waals surface area (Å²) in [5.74, 6) is 2.70. The van der Waals surface area contributed by atoms with Crippen molar-refractivity contribution in [1.29, 1.82) is 0 Å². The van der Waals surface area contributed by atoms with Gasteiger partial charge in [0.15, 0.2) is 0 Å². The third-order valence-corrected chi connectivity index (χ3v) is 4.06. The van der Waals surface area contributed by atoms with Gasteiger partial charge in [-0.1, -0.05) is 0 Å². The molecule has 0 aliphatic carbocycles. The number of rotatable bonds is 1. The smallest absolute Gasteiger partial charge is 0.0194 e. The Morgan fingerprint density at radius 1 is 1.33 bits per heavy atom. The lowest BCUT2D eigenvalue weighted by molar-refractivity contribution is 0.162. The van der Waals surface area contributed by atoms with Crippen molar-refractivity contribution < 1.29 is 0 Å². The molecule has 0 saturated carbocycles. The van der Waals surface area contributed by atoms with Gasteiger partial charge in [0.1, 0.15) is 0 Å². The highest BCUT2D eigenvalue weighted by molar-refractivity contribution is 7.99. The number of likely N-dealkylation sites (tertiary alicyclic amines) is 1. The van der Waals surface area contributed by atoms with Gasteiger partial charge in [-0.3, -0.25) is 4.90 Å². The highest BCUT2D eigenvalue weighted by atomic mass is 32.2. The second kappa shape index (κ2) is 3.99. The van der Waals surface area contributed by atoms with Gasteiger partial charge >= 0.3 is 0 Å². The molecule has 2 atom stereocenters. The summed E-state index contributed by atoms with van der Waals surface area (Å²) in [4.78, 5) is 2.61. The molecule has 0 bridgehead atoms. The van der Waals surface area contributed by atoms with E-state index >= 15 is 0 Å². The molecule has 2 N–H and O–H groups in total. The van der Waals surface area contributed by atoms with E-state index in [4.69, 9.17) is 5.73 Å². The van der Waals surface area contributed by atoms with Crippen molar-refractivity contribution in [1.82, 2.24) is 4.90 Å². The van der Waals surface area contributed by atoms with Crippen LogP contribution in [0.2, 0.25) is 0 Å². The standard InChI is InChI=1S/C9H18N2S/c10-8-2-1-4-11(6-8)9-3-5-12-7-9/h8-9H,1-7,10H2/t8-,9+/m0/s1. The summed E-state index contributed by atoms with van der Waals surface area (Å²) in [6.45, 7) is 2.43. The summed E-state index contributed by atoms with van der Waals surface area (Å²) in [7, 11) is 0. The van der Waals surface area contributed by atoms with Gasteiger partial charge in [0.2, 0.25) is 0 Å². The van der Waals surface area contributed by atoms with Crippen molar-refractivity contribution >= 4 is 11.8 Å². The van der Waals surface area contributed by atoms with Crippen LogP contribution in [0.15, 0.2) is 0 Å². The molecule has 2 nitrogen and oxygen atoms in total. The maximum Gasteiger partial charge on any atom is 0.0194 e. The van der Waals surface area contributed by atoms with Crippen molar-refractivity contribution in [3.05, 3.63) is 0 Å².